The van der Waals surface area contributed by atoms with Gasteiger partial charge in [-0.1, -0.05) is 49.7 Å². The maximum Gasteiger partial charge on any atom is 0.273 e. The van der Waals surface area contributed by atoms with Gasteiger partial charge in [-0.05, 0) is 55.2 Å². The van der Waals surface area contributed by atoms with Crippen molar-refractivity contribution in [2.24, 2.45) is 0 Å². The van der Waals surface area contributed by atoms with Crippen LogP contribution in [0.25, 0.3) is 10.9 Å². The van der Waals surface area contributed by atoms with Crippen LogP contribution in [0, 0.1) is 17.0 Å². The van der Waals surface area contributed by atoms with E-state index >= 15 is 0 Å². The van der Waals surface area contributed by atoms with Crippen LogP contribution in [0.2, 0.25) is 0 Å². The molecule has 2 amide bonds. The maximum atomic E-state index is 13.8. The van der Waals surface area contributed by atoms with Gasteiger partial charge in [0.1, 0.15) is 12.3 Å². The van der Waals surface area contributed by atoms with Gasteiger partial charge in [0.25, 0.3) is 11.6 Å². The van der Waals surface area contributed by atoms with Crippen molar-refractivity contribution in [3.8, 4) is 5.75 Å². The zero-order valence-electron chi connectivity index (χ0n) is 23.8. The minimum Gasteiger partial charge on any atom is -0.497 e. The molecule has 0 fully saturated rings. The van der Waals surface area contributed by atoms with E-state index in [1.54, 1.807) is 31.1 Å². The third kappa shape index (κ3) is 7.30. The highest BCUT2D eigenvalue weighted by molar-refractivity contribution is 5.97. The molecule has 0 aliphatic heterocycles. The number of rotatable bonds is 13. The van der Waals surface area contributed by atoms with E-state index < -0.39 is 10.8 Å². The van der Waals surface area contributed by atoms with E-state index in [2.05, 4.69) is 11.1 Å². The van der Waals surface area contributed by atoms with Crippen LogP contribution in [0.4, 0.5) is 5.69 Å². The van der Waals surface area contributed by atoms with E-state index in [4.69, 9.17) is 4.74 Å². The molecule has 0 spiro atoms. The average molecular weight is 557 g/mol. The molecule has 0 atom stereocenters. The monoisotopic (exact) mass is 556 g/mol. The highest BCUT2D eigenvalue weighted by Crippen LogP contribution is 2.22. The van der Waals surface area contributed by atoms with Crippen molar-refractivity contribution in [2.45, 2.75) is 39.7 Å². The molecule has 1 heterocycles. The number of ether oxygens (including phenoxy) is 1. The Bertz CT molecular complexity index is 1510. The minimum absolute atomic E-state index is 0.113. The Hall–Kier alpha value is -4.66. The number of carbonyl (C=O) groups excluding carboxylic acids is 2. The van der Waals surface area contributed by atoms with E-state index in [9.17, 15) is 19.7 Å². The van der Waals surface area contributed by atoms with Gasteiger partial charge < -0.3 is 19.5 Å². The molecule has 3 aromatic carbocycles. The number of aromatic amines is 1. The van der Waals surface area contributed by atoms with E-state index in [0.29, 0.717) is 38.0 Å². The molecule has 0 aliphatic carbocycles. The Kier molecular flexibility index (Phi) is 9.73. The second-order valence-corrected chi connectivity index (χ2v) is 10.1. The van der Waals surface area contributed by atoms with Crippen LogP contribution < -0.4 is 4.74 Å². The summed E-state index contributed by atoms with van der Waals surface area (Å²) in [6, 6.07) is 20.1. The zero-order chi connectivity index (χ0) is 29.4. The molecule has 0 aliphatic rings. The van der Waals surface area contributed by atoms with Gasteiger partial charge in [0.05, 0.1) is 12.0 Å². The molecule has 1 aromatic heterocycles. The minimum atomic E-state index is -0.491. The van der Waals surface area contributed by atoms with E-state index in [1.165, 1.54) is 11.0 Å². The smallest absolute Gasteiger partial charge is 0.273 e. The summed E-state index contributed by atoms with van der Waals surface area (Å²) in [5.41, 5.74) is 3.66. The Balaban J connectivity index is 1.57. The third-order valence-electron chi connectivity index (χ3n) is 7.26. The normalized spacial score (nSPS) is 10.9. The second kappa shape index (κ2) is 13.6. The number of nitro groups is 1. The number of unbranched alkanes of at least 4 members (excludes halogenated alkanes) is 1. The Morgan fingerprint density at radius 2 is 1.76 bits per heavy atom. The number of fused-ring (bicyclic) bond motifs is 1. The van der Waals surface area contributed by atoms with Crippen LogP contribution in [-0.4, -0.2) is 58.3 Å². The first-order valence-corrected chi connectivity index (χ1v) is 13.8. The lowest BCUT2D eigenvalue weighted by atomic mass is 10.1. The first-order valence-electron chi connectivity index (χ1n) is 13.8. The number of aryl methyl sites for hydroxylation is 1. The number of methoxy groups -OCH3 is 1. The first kappa shape index (κ1) is 29.3. The number of para-hydroxylation sites is 1. The molecular formula is C32H36N4O5. The molecule has 4 rings (SSSR count). The summed E-state index contributed by atoms with van der Waals surface area (Å²) in [5, 5.41) is 12.6. The summed E-state index contributed by atoms with van der Waals surface area (Å²) in [6.45, 7) is 4.73. The molecule has 0 saturated heterocycles. The van der Waals surface area contributed by atoms with E-state index in [-0.39, 0.29) is 23.7 Å². The third-order valence-corrected chi connectivity index (χ3v) is 7.26. The predicted octanol–water partition coefficient (Wildman–Crippen LogP) is 5.91. The van der Waals surface area contributed by atoms with E-state index in [0.717, 1.165) is 34.2 Å². The van der Waals surface area contributed by atoms with Crippen molar-refractivity contribution in [1.29, 1.82) is 0 Å². The number of benzene rings is 3. The molecule has 1 N–H and O–H groups in total. The molecule has 0 saturated carbocycles. The van der Waals surface area contributed by atoms with Crippen LogP contribution in [-0.2, 0) is 17.8 Å². The number of nitrogens with one attached hydrogen (secondary N) is 1. The molecular weight excluding hydrogens is 520 g/mol. The van der Waals surface area contributed by atoms with Gasteiger partial charge in [-0.25, -0.2) is 0 Å². The van der Waals surface area contributed by atoms with Gasteiger partial charge in [-0.3, -0.25) is 19.7 Å². The quantitative estimate of drug-likeness (QED) is 0.163. The Morgan fingerprint density at radius 3 is 2.46 bits per heavy atom. The number of carbonyl (C=O) groups is 2. The molecule has 41 heavy (non-hydrogen) atoms. The van der Waals surface area contributed by atoms with Crippen LogP contribution in [0.15, 0.2) is 72.9 Å². The summed E-state index contributed by atoms with van der Waals surface area (Å²) >= 11 is 0. The van der Waals surface area contributed by atoms with Gasteiger partial charge in [-0.2, -0.15) is 0 Å². The number of hydrogen-bond acceptors (Lipinski definition) is 5. The van der Waals surface area contributed by atoms with Crippen LogP contribution in [0.3, 0.4) is 0 Å². The maximum absolute atomic E-state index is 13.8. The number of nitrogens with zero attached hydrogens (tertiary/aromatic N) is 3. The highest BCUT2D eigenvalue weighted by Gasteiger charge is 2.24. The predicted molar refractivity (Wildman–Crippen MR) is 159 cm³/mol. The van der Waals surface area contributed by atoms with Crippen LogP contribution in [0.5, 0.6) is 5.75 Å². The number of nitro benzene ring substituents is 1. The summed E-state index contributed by atoms with van der Waals surface area (Å²) in [4.78, 5) is 44.9. The number of amides is 2. The molecule has 0 unspecified atom stereocenters. The van der Waals surface area contributed by atoms with Crippen molar-refractivity contribution < 1.29 is 19.2 Å². The topological polar surface area (TPSA) is 109 Å². The molecule has 9 nitrogen and oxygen atoms in total. The number of hydrogen-bond donors (Lipinski definition) is 1. The lowest BCUT2D eigenvalue weighted by molar-refractivity contribution is -0.385. The Morgan fingerprint density at radius 1 is 1.00 bits per heavy atom. The molecule has 0 radical (unpaired) electrons. The van der Waals surface area contributed by atoms with Crippen LogP contribution in [0.1, 0.15) is 46.8 Å². The summed E-state index contributed by atoms with van der Waals surface area (Å²) in [6.07, 6.45) is 4.16. The van der Waals surface area contributed by atoms with Gasteiger partial charge >= 0.3 is 0 Å². The van der Waals surface area contributed by atoms with Crippen molar-refractivity contribution in [1.82, 2.24) is 14.8 Å². The van der Waals surface area contributed by atoms with Crippen molar-refractivity contribution >= 4 is 28.4 Å². The lowest BCUT2D eigenvalue weighted by Gasteiger charge is -2.28. The van der Waals surface area contributed by atoms with Crippen molar-refractivity contribution in [3.05, 3.63) is 105 Å². The van der Waals surface area contributed by atoms with Gasteiger partial charge in [0, 0.05) is 53.9 Å². The number of H-pyrrole nitrogens is 1. The molecule has 0 bridgehead atoms. The summed E-state index contributed by atoms with van der Waals surface area (Å²) < 4.78 is 5.28. The molecule has 9 heteroatoms. The van der Waals surface area contributed by atoms with E-state index in [1.807, 2.05) is 55.6 Å². The fraction of sp³-hybridized carbons (Fsp3) is 0.312. The summed E-state index contributed by atoms with van der Waals surface area (Å²) in [7, 11) is 1.61. The lowest BCUT2D eigenvalue weighted by Crippen LogP contribution is -2.43. The Labute approximate surface area is 239 Å². The second-order valence-electron chi connectivity index (χ2n) is 10.1. The first-order chi connectivity index (χ1) is 19.8. The van der Waals surface area contributed by atoms with Crippen molar-refractivity contribution in [3.63, 3.8) is 0 Å². The molecule has 214 valence electrons. The van der Waals surface area contributed by atoms with Gasteiger partial charge in [0.15, 0.2) is 0 Å². The zero-order valence-corrected chi connectivity index (χ0v) is 23.8. The van der Waals surface area contributed by atoms with Gasteiger partial charge in [0.2, 0.25) is 5.91 Å². The van der Waals surface area contributed by atoms with Gasteiger partial charge in [-0.15, -0.1) is 0 Å². The fourth-order valence-corrected chi connectivity index (χ4v) is 4.82. The largest absolute Gasteiger partial charge is 0.497 e. The SMILES string of the molecule is CCCCN(CC(=O)N(CCc1c[nH]c2ccccc12)Cc1ccc(OC)cc1)C(=O)c1ccc(C)c([N+](=O)[O-])c1. The number of aromatic nitrogens is 1. The van der Waals surface area contributed by atoms with Crippen LogP contribution >= 0.6 is 0 Å². The van der Waals surface area contributed by atoms with Crippen molar-refractivity contribution in [2.75, 3.05) is 26.7 Å². The fourth-order valence-electron chi connectivity index (χ4n) is 4.82. The molecule has 4 aromatic rings. The summed E-state index contributed by atoms with van der Waals surface area (Å²) in [5.74, 6) is 0.150. The highest BCUT2D eigenvalue weighted by atomic mass is 16.6. The average Bonchev–Trinajstić information content (AvgIpc) is 3.40. The standard InChI is InChI=1S/C32H36N4O5/c1-4-5-17-35(32(38)25-13-10-23(2)30(19-25)36(39)40)22-31(37)34(21-24-11-14-27(41-3)15-12-24)18-16-26-20-33-29-9-7-6-8-28(26)29/h6-15,19-20,33H,4-5,16-18,21-22H2,1-3H3.